The summed E-state index contributed by atoms with van der Waals surface area (Å²) in [5.41, 5.74) is 6.34. The van der Waals surface area contributed by atoms with Gasteiger partial charge in [-0.1, -0.05) is 0 Å². The van der Waals surface area contributed by atoms with E-state index in [9.17, 15) is 26.4 Å². The molecule has 3 heterocycles. The van der Waals surface area contributed by atoms with Gasteiger partial charge in [0.25, 0.3) is 0 Å². The maximum absolute atomic E-state index is 14.0. The van der Waals surface area contributed by atoms with E-state index in [0.717, 1.165) is 18.9 Å². The van der Waals surface area contributed by atoms with Crippen LogP contribution in [0.4, 0.5) is 13.2 Å². The van der Waals surface area contributed by atoms with Gasteiger partial charge in [0.05, 0.1) is 5.75 Å². The van der Waals surface area contributed by atoms with Gasteiger partial charge in [-0.2, -0.15) is 0 Å². The highest BCUT2D eigenvalue weighted by Gasteiger charge is 2.44. The Balaban J connectivity index is 1.37. The number of sulfone groups is 1. The van der Waals surface area contributed by atoms with Crippen LogP contribution in [0.25, 0.3) is 0 Å². The standard InChI is InChI=1S/C22H25F3N4O3S/c23-17-12-19(25)18(24)10-13(17)11-20(26)14-8-15-2-3-16(9-14)29(15)21(30)4-7-33(31,32)22-27-5-1-6-28-22/h1,5-6,10,12,14-16,20H,2-4,7-9,11,26H2/t14-,15-,16+,20-/m1/s1. The molecule has 4 rings (SSSR count). The van der Waals surface area contributed by atoms with Crippen molar-refractivity contribution >= 4 is 15.7 Å². The number of piperidine rings is 1. The van der Waals surface area contributed by atoms with E-state index in [0.29, 0.717) is 18.9 Å². The summed E-state index contributed by atoms with van der Waals surface area (Å²) in [6, 6.07) is 2.26. The van der Waals surface area contributed by atoms with E-state index < -0.39 is 33.3 Å². The predicted molar refractivity (Wildman–Crippen MR) is 113 cm³/mol. The van der Waals surface area contributed by atoms with Crippen molar-refractivity contribution in [3.05, 3.63) is 53.6 Å². The molecular formula is C22H25F3N4O3S. The zero-order valence-corrected chi connectivity index (χ0v) is 18.6. The summed E-state index contributed by atoms with van der Waals surface area (Å²) < 4.78 is 65.5. The maximum Gasteiger partial charge on any atom is 0.247 e. The van der Waals surface area contributed by atoms with E-state index in [4.69, 9.17) is 5.73 Å². The SMILES string of the molecule is N[C@H](Cc1cc(F)c(F)cc1F)[C@@H]1C[C@H]2CC[C@@H](C1)N2C(=O)CCS(=O)(=O)c1ncccn1. The third kappa shape index (κ3) is 5.03. The summed E-state index contributed by atoms with van der Waals surface area (Å²) >= 11 is 0. The minimum atomic E-state index is -3.76. The van der Waals surface area contributed by atoms with Crippen molar-refractivity contribution in [2.75, 3.05) is 5.75 Å². The second-order valence-corrected chi connectivity index (χ2v) is 10.7. The van der Waals surface area contributed by atoms with Crippen LogP contribution in [0.2, 0.25) is 0 Å². The van der Waals surface area contributed by atoms with Gasteiger partial charge in [-0.25, -0.2) is 31.6 Å². The average Bonchev–Trinajstić information content (AvgIpc) is 3.05. The van der Waals surface area contributed by atoms with Crippen LogP contribution in [0.1, 0.15) is 37.7 Å². The zero-order chi connectivity index (χ0) is 23.8. The first-order chi connectivity index (χ1) is 15.7. The number of benzene rings is 1. The molecule has 0 spiro atoms. The van der Waals surface area contributed by atoms with Crippen molar-refractivity contribution < 1.29 is 26.4 Å². The Hall–Kier alpha value is -2.53. The number of hydrogen-bond donors (Lipinski definition) is 1. The molecule has 2 N–H and O–H groups in total. The quantitative estimate of drug-likeness (QED) is 0.480. The average molecular weight is 483 g/mol. The zero-order valence-electron chi connectivity index (χ0n) is 17.8. The van der Waals surface area contributed by atoms with Crippen LogP contribution >= 0.6 is 0 Å². The van der Waals surface area contributed by atoms with E-state index in [-0.39, 0.29) is 53.2 Å². The molecule has 2 bridgehead atoms. The largest absolute Gasteiger partial charge is 0.337 e. The van der Waals surface area contributed by atoms with Gasteiger partial charge >= 0.3 is 0 Å². The number of carbonyl (C=O) groups is 1. The summed E-state index contributed by atoms with van der Waals surface area (Å²) in [5.74, 6) is -3.81. The van der Waals surface area contributed by atoms with Crippen molar-refractivity contribution in [2.24, 2.45) is 11.7 Å². The first-order valence-electron chi connectivity index (χ1n) is 10.9. The number of carbonyl (C=O) groups excluding carboxylic acids is 1. The van der Waals surface area contributed by atoms with Crippen LogP contribution in [-0.2, 0) is 21.1 Å². The molecule has 2 aromatic rings. The van der Waals surface area contributed by atoms with Gasteiger partial charge in [-0.3, -0.25) is 4.79 Å². The minimum absolute atomic E-state index is 0.0134. The maximum atomic E-state index is 14.0. The van der Waals surface area contributed by atoms with E-state index in [1.54, 1.807) is 4.90 Å². The Morgan fingerprint density at radius 2 is 1.67 bits per heavy atom. The van der Waals surface area contributed by atoms with Crippen LogP contribution < -0.4 is 5.73 Å². The molecule has 33 heavy (non-hydrogen) atoms. The van der Waals surface area contributed by atoms with Crippen LogP contribution in [-0.4, -0.2) is 53.1 Å². The molecule has 11 heteroatoms. The molecule has 2 aliphatic heterocycles. The van der Waals surface area contributed by atoms with Gasteiger partial charge in [0.1, 0.15) is 5.82 Å². The van der Waals surface area contributed by atoms with Crippen molar-refractivity contribution in [3.63, 3.8) is 0 Å². The third-order valence-electron chi connectivity index (χ3n) is 6.61. The van der Waals surface area contributed by atoms with Crippen molar-refractivity contribution in [2.45, 2.75) is 61.8 Å². The summed E-state index contributed by atoms with van der Waals surface area (Å²) in [6.45, 7) is 0. The summed E-state index contributed by atoms with van der Waals surface area (Å²) in [6.07, 6.45) is 5.35. The Morgan fingerprint density at radius 1 is 1.06 bits per heavy atom. The Labute approximate surface area is 190 Å². The van der Waals surface area contributed by atoms with Crippen LogP contribution in [0, 0.1) is 23.4 Å². The Morgan fingerprint density at radius 3 is 2.30 bits per heavy atom. The number of amides is 1. The van der Waals surface area contributed by atoms with Crippen LogP contribution in [0.5, 0.6) is 0 Å². The molecule has 2 fully saturated rings. The van der Waals surface area contributed by atoms with Crippen LogP contribution in [0.3, 0.4) is 0 Å². The Kier molecular flexibility index (Phi) is 6.71. The molecule has 1 aromatic carbocycles. The lowest BCUT2D eigenvalue weighted by molar-refractivity contribution is -0.136. The third-order valence-corrected chi connectivity index (χ3v) is 8.12. The van der Waals surface area contributed by atoms with E-state index in [1.165, 1.54) is 18.5 Å². The Bertz CT molecular complexity index is 1120. The highest BCUT2D eigenvalue weighted by Crippen LogP contribution is 2.40. The van der Waals surface area contributed by atoms with E-state index in [1.807, 2.05) is 0 Å². The lowest BCUT2D eigenvalue weighted by Gasteiger charge is -2.41. The van der Waals surface area contributed by atoms with Gasteiger partial charge in [-0.15, -0.1) is 0 Å². The highest BCUT2D eigenvalue weighted by molar-refractivity contribution is 7.91. The molecule has 0 radical (unpaired) electrons. The molecular weight excluding hydrogens is 457 g/mol. The number of aromatic nitrogens is 2. The predicted octanol–water partition coefficient (Wildman–Crippen LogP) is 2.40. The topological polar surface area (TPSA) is 106 Å². The summed E-state index contributed by atoms with van der Waals surface area (Å²) in [5, 5.41) is -0.296. The van der Waals surface area contributed by atoms with Gasteiger partial charge in [-0.05, 0) is 55.7 Å². The van der Waals surface area contributed by atoms with Gasteiger partial charge in [0.2, 0.25) is 20.9 Å². The highest BCUT2D eigenvalue weighted by atomic mass is 32.2. The number of halogens is 3. The second kappa shape index (κ2) is 9.38. The molecule has 178 valence electrons. The number of rotatable bonds is 7. The first kappa shape index (κ1) is 23.6. The van der Waals surface area contributed by atoms with Gasteiger partial charge in [0, 0.05) is 43.0 Å². The molecule has 0 saturated carbocycles. The lowest BCUT2D eigenvalue weighted by atomic mass is 9.82. The normalized spacial score (nSPS) is 23.5. The van der Waals surface area contributed by atoms with Crippen molar-refractivity contribution in [1.29, 1.82) is 0 Å². The van der Waals surface area contributed by atoms with Crippen molar-refractivity contribution in [3.8, 4) is 0 Å². The fourth-order valence-corrected chi connectivity index (χ4v) is 6.07. The molecule has 0 aliphatic carbocycles. The first-order valence-corrected chi connectivity index (χ1v) is 12.5. The fourth-order valence-electron chi connectivity index (χ4n) is 5.00. The number of nitrogens with zero attached hydrogens (tertiary/aromatic N) is 3. The number of hydrogen-bond acceptors (Lipinski definition) is 6. The molecule has 0 unspecified atom stereocenters. The molecule has 2 saturated heterocycles. The van der Waals surface area contributed by atoms with Gasteiger partial charge in [0.15, 0.2) is 11.6 Å². The number of nitrogens with two attached hydrogens (primary N) is 1. The second-order valence-electron chi connectivity index (χ2n) is 8.74. The smallest absolute Gasteiger partial charge is 0.247 e. The van der Waals surface area contributed by atoms with E-state index >= 15 is 0 Å². The summed E-state index contributed by atoms with van der Waals surface area (Å²) in [4.78, 5) is 22.2. The molecule has 1 aromatic heterocycles. The number of fused-ring (bicyclic) bond motifs is 2. The fraction of sp³-hybridized carbons (Fsp3) is 0.500. The minimum Gasteiger partial charge on any atom is -0.337 e. The molecule has 4 atom stereocenters. The molecule has 7 nitrogen and oxygen atoms in total. The molecule has 1 amide bonds. The van der Waals surface area contributed by atoms with Gasteiger partial charge < -0.3 is 10.6 Å². The van der Waals surface area contributed by atoms with Crippen LogP contribution in [0.15, 0.2) is 35.7 Å². The van der Waals surface area contributed by atoms with Crippen molar-refractivity contribution in [1.82, 2.24) is 14.9 Å². The van der Waals surface area contributed by atoms with E-state index in [2.05, 4.69) is 9.97 Å². The summed E-state index contributed by atoms with van der Waals surface area (Å²) in [7, 11) is -3.76. The lowest BCUT2D eigenvalue weighted by Crippen LogP contribution is -2.50. The molecule has 2 aliphatic rings. The monoisotopic (exact) mass is 482 g/mol.